The van der Waals surface area contributed by atoms with Crippen LogP contribution in [0.1, 0.15) is 56.2 Å². The van der Waals surface area contributed by atoms with Crippen LogP contribution >= 0.6 is 0 Å². The number of hydrogen-bond acceptors (Lipinski definition) is 5. The van der Waals surface area contributed by atoms with Crippen molar-refractivity contribution in [2.45, 2.75) is 57.0 Å². The second-order valence-corrected chi connectivity index (χ2v) is 8.17. The molecule has 0 radical (unpaired) electrons. The van der Waals surface area contributed by atoms with Crippen molar-refractivity contribution in [3.8, 4) is 0 Å². The van der Waals surface area contributed by atoms with Crippen LogP contribution in [0.25, 0.3) is 0 Å². The Morgan fingerprint density at radius 3 is 2.34 bits per heavy atom. The summed E-state index contributed by atoms with van der Waals surface area (Å²) in [5.41, 5.74) is 1.09. The third-order valence-corrected chi connectivity index (χ3v) is 6.25. The van der Waals surface area contributed by atoms with Crippen LogP contribution in [0, 0.1) is 0 Å². The zero-order valence-electron chi connectivity index (χ0n) is 17.4. The van der Waals surface area contributed by atoms with Crippen molar-refractivity contribution in [1.82, 2.24) is 14.8 Å². The van der Waals surface area contributed by atoms with Gasteiger partial charge in [-0.15, -0.1) is 0 Å². The predicted molar refractivity (Wildman–Crippen MR) is 110 cm³/mol. The number of aliphatic carboxylic acids is 1. The van der Waals surface area contributed by atoms with Crippen LogP contribution < -0.4 is 5.32 Å². The molecular formula is C21H32N4O4. The van der Waals surface area contributed by atoms with E-state index in [1.54, 1.807) is 4.90 Å². The number of carbonyl (C=O) groups is 2. The minimum absolute atomic E-state index is 0.00831. The fourth-order valence-corrected chi connectivity index (χ4v) is 4.37. The number of rotatable bonds is 5. The molecular weight excluding hydrogens is 372 g/mol. The number of piperidine rings is 2. The minimum Gasteiger partial charge on any atom is -0.481 e. The molecule has 8 heteroatoms. The number of aliphatic hydroxyl groups is 1. The SMILES string of the molecule is CCc1ccc(C2CCN(C(=O)N3CCC(O)(CC(=O)O)CC3)CC2)nc1NC. The lowest BCUT2D eigenvalue weighted by Crippen LogP contribution is -2.52. The second kappa shape index (κ2) is 8.98. The molecule has 2 amide bonds. The van der Waals surface area contributed by atoms with Crippen LogP contribution in [0.5, 0.6) is 0 Å². The van der Waals surface area contributed by atoms with Gasteiger partial charge in [-0.2, -0.15) is 0 Å². The zero-order chi connectivity index (χ0) is 21.0. The number of aryl methyl sites for hydroxylation is 1. The average Bonchev–Trinajstić information content (AvgIpc) is 2.72. The molecule has 0 spiro atoms. The van der Waals surface area contributed by atoms with E-state index >= 15 is 0 Å². The maximum absolute atomic E-state index is 12.8. The van der Waals surface area contributed by atoms with E-state index in [0.29, 0.717) is 44.9 Å². The Morgan fingerprint density at radius 1 is 1.17 bits per heavy atom. The molecule has 0 saturated carbocycles. The van der Waals surface area contributed by atoms with Crippen LogP contribution in [-0.2, 0) is 11.2 Å². The number of anilines is 1. The van der Waals surface area contributed by atoms with Crippen molar-refractivity contribution >= 4 is 17.8 Å². The summed E-state index contributed by atoms with van der Waals surface area (Å²) in [6, 6.07) is 4.24. The van der Waals surface area contributed by atoms with Crippen molar-refractivity contribution in [3.05, 3.63) is 23.4 Å². The Balaban J connectivity index is 1.53. The Hall–Kier alpha value is -2.35. The number of hydrogen-bond donors (Lipinski definition) is 3. The number of carboxylic acids is 1. The van der Waals surface area contributed by atoms with Gasteiger partial charge in [0.1, 0.15) is 5.82 Å². The number of nitrogens with one attached hydrogen (secondary N) is 1. The highest BCUT2D eigenvalue weighted by Gasteiger charge is 2.37. The van der Waals surface area contributed by atoms with E-state index in [1.165, 1.54) is 5.56 Å². The van der Waals surface area contributed by atoms with E-state index in [0.717, 1.165) is 30.8 Å². The van der Waals surface area contributed by atoms with Gasteiger partial charge in [-0.3, -0.25) is 4.79 Å². The Labute approximate surface area is 171 Å². The highest BCUT2D eigenvalue weighted by molar-refractivity contribution is 5.75. The number of carbonyl (C=O) groups excluding carboxylic acids is 1. The molecule has 1 aromatic heterocycles. The van der Waals surface area contributed by atoms with Crippen molar-refractivity contribution in [1.29, 1.82) is 0 Å². The van der Waals surface area contributed by atoms with Crippen LogP contribution in [0.2, 0.25) is 0 Å². The second-order valence-electron chi connectivity index (χ2n) is 8.17. The molecule has 8 nitrogen and oxygen atoms in total. The highest BCUT2D eigenvalue weighted by atomic mass is 16.4. The van der Waals surface area contributed by atoms with Gasteiger partial charge in [0, 0.05) is 44.8 Å². The summed E-state index contributed by atoms with van der Waals surface area (Å²) in [7, 11) is 1.89. The molecule has 2 saturated heterocycles. The number of amides is 2. The van der Waals surface area contributed by atoms with Crippen LogP contribution in [0.4, 0.5) is 10.6 Å². The Morgan fingerprint density at radius 2 is 1.79 bits per heavy atom. The summed E-state index contributed by atoms with van der Waals surface area (Å²) in [6.45, 7) is 4.28. The van der Waals surface area contributed by atoms with Gasteiger partial charge in [0.15, 0.2) is 0 Å². The first-order valence-corrected chi connectivity index (χ1v) is 10.5. The molecule has 2 aliphatic heterocycles. The number of aromatic nitrogens is 1. The van der Waals surface area contributed by atoms with Gasteiger partial charge in [0.25, 0.3) is 0 Å². The van der Waals surface area contributed by atoms with Crippen molar-refractivity contribution in [3.63, 3.8) is 0 Å². The normalized spacial score (nSPS) is 19.8. The number of urea groups is 1. The summed E-state index contributed by atoms with van der Waals surface area (Å²) in [4.78, 5) is 32.1. The number of pyridine rings is 1. The average molecular weight is 405 g/mol. The molecule has 0 bridgehead atoms. The summed E-state index contributed by atoms with van der Waals surface area (Å²) >= 11 is 0. The molecule has 3 N–H and O–H groups in total. The molecule has 1 aromatic rings. The molecule has 3 heterocycles. The van der Waals surface area contributed by atoms with Crippen molar-refractivity contribution < 1.29 is 19.8 Å². The van der Waals surface area contributed by atoms with Crippen LogP contribution in [-0.4, -0.2) is 75.8 Å². The van der Waals surface area contributed by atoms with E-state index in [1.807, 2.05) is 11.9 Å². The molecule has 3 rings (SSSR count). The number of nitrogens with zero attached hydrogens (tertiary/aromatic N) is 3. The maximum Gasteiger partial charge on any atom is 0.320 e. The van der Waals surface area contributed by atoms with Crippen molar-refractivity contribution in [2.24, 2.45) is 0 Å². The van der Waals surface area contributed by atoms with Gasteiger partial charge in [-0.05, 0) is 43.7 Å². The van der Waals surface area contributed by atoms with Gasteiger partial charge in [0.2, 0.25) is 0 Å². The lowest BCUT2D eigenvalue weighted by atomic mass is 9.88. The largest absolute Gasteiger partial charge is 0.481 e. The fourth-order valence-electron chi connectivity index (χ4n) is 4.37. The number of carboxylic acid groups (broad SMARTS) is 1. The fraction of sp³-hybridized carbons (Fsp3) is 0.667. The Bertz CT molecular complexity index is 738. The first-order chi connectivity index (χ1) is 13.8. The van der Waals surface area contributed by atoms with Crippen molar-refractivity contribution in [2.75, 3.05) is 38.5 Å². The Kier molecular flexibility index (Phi) is 6.62. The zero-order valence-corrected chi connectivity index (χ0v) is 17.4. The van der Waals surface area contributed by atoms with E-state index in [9.17, 15) is 14.7 Å². The monoisotopic (exact) mass is 404 g/mol. The molecule has 0 aliphatic carbocycles. The van der Waals surface area contributed by atoms with Gasteiger partial charge in [0.05, 0.1) is 12.0 Å². The molecule has 160 valence electrons. The van der Waals surface area contributed by atoms with Crippen LogP contribution in [0.3, 0.4) is 0 Å². The lowest BCUT2D eigenvalue weighted by Gasteiger charge is -2.41. The summed E-state index contributed by atoms with van der Waals surface area (Å²) in [5, 5.41) is 22.5. The smallest absolute Gasteiger partial charge is 0.320 e. The van der Waals surface area contributed by atoms with E-state index in [4.69, 9.17) is 10.1 Å². The van der Waals surface area contributed by atoms with Gasteiger partial charge in [-0.25, -0.2) is 9.78 Å². The van der Waals surface area contributed by atoms with Gasteiger partial charge < -0.3 is 25.3 Å². The topological polar surface area (TPSA) is 106 Å². The molecule has 2 fully saturated rings. The molecule has 0 aromatic carbocycles. The van der Waals surface area contributed by atoms with E-state index in [-0.39, 0.29) is 12.5 Å². The molecule has 0 atom stereocenters. The molecule has 2 aliphatic rings. The quantitative estimate of drug-likeness (QED) is 0.695. The highest BCUT2D eigenvalue weighted by Crippen LogP contribution is 2.30. The minimum atomic E-state index is -1.20. The molecule has 29 heavy (non-hydrogen) atoms. The summed E-state index contributed by atoms with van der Waals surface area (Å²) < 4.78 is 0. The van der Waals surface area contributed by atoms with Crippen LogP contribution in [0.15, 0.2) is 12.1 Å². The molecule has 0 unspecified atom stereocenters. The maximum atomic E-state index is 12.8. The van der Waals surface area contributed by atoms with E-state index < -0.39 is 11.6 Å². The number of likely N-dealkylation sites (tertiary alicyclic amines) is 2. The third-order valence-electron chi connectivity index (χ3n) is 6.25. The first kappa shape index (κ1) is 21.4. The lowest BCUT2D eigenvalue weighted by molar-refractivity contribution is -0.144. The predicted octanol–water partition coefficient (Wildman–Crippen LogP) is 2.29. The standard InChI is InChI=1S/C21H32N4O4/c1-3-15-4-5-17(23-19(15)22-2)16-6-10-24(11-7-16)20(28)25-12-8-21(29,9-13-25)14-18(26)27/h4-5,16,29H,3,6-14H2,1-2H3,(H,22,23)(H,26,27). The first-order valence-electron chi connectivity index (χ1n) is 10.5. The summed E-state index contributed by atoms with van der Waals surface area (Å²) in [5.74, 6) is 0.279. The van der Waals surface area contributed by atoms with E-state index in [2.05, 4.69) is 24.4 Å². The van der Waals surface area contributed by atoms with Gasteiger partial charge >= 0.3 is 12.0 Å². The third kappa shape index (κ3) is 4.98. The van der Waals surface area contributed by atoms with Gasteiger partial charge in [-0.1, -0.05) is 13.0 Å². The summed E-state index contributed by atoms with van der Waals surface area (Å²) in [6.07, 6.45) is 3.05.